The number of unbranched alkanes of at least 4 members (excludes halogenated alkanes) is 2. The van der Waals surface area contributed by atoms with Crippen LogP contribution >= 0.6 is 11.6 Å². The SMILES string of the molecule is CCCCCN(CCO)C(=O)Nc1cc(OC)ccc1Cl. The monoisotopic (exact) mass is 314 g/mol. The molecule has 0 fully saturated rings. The van der Waals surface area contributed by atoms with Gasteiger partial charge in [0.05, 0.1) is 24.4 Å². The molecule has 0 radical (unpaired) electrons. The molecular formula is C15H23ClN2O3. The Labute approximate surface area is 130 Å². The van der Waals surface area contributed by atoms with E-state index in [9.17, 15) is 4.79 Å². The molecule has 1 aromatic rings. The average molecular weight is 315 g/mol. The molecule has 0 atom stereocenters. The fourth-order valence-corrected chi connectivity index (χ4v) is 2.07. The molecule has 0 aromatic heterocycles. The van der Waals surface area contributed by atoms with E-state index in [1.54, 1.807) is 30.2 Å². The molecule has 0 spiro atoms. The number of nitrogens with zero attached hydrogens (tertiary/aromatic N) is 1. The van der Waals surface area contributed by atoms with Crippen molar-refractivity contribution in [2.45, 2.75) is 26.2 Å². The molecule has 118 valence electrons. The van der Waals surface area contributed by atoms with E-state index in [-0.39, 0.29) is 12.6 Å². The minimum atomic E-state index is -0.268. The molecule has 0 heterocycles. The van der Waals surface area contributed by atoms with Crippen molar-refractivity contribution in [3.05, 3.63) is 23.2 Å². The lowest BCUT2D eigenvalue weighted by Crippen LogP contribution is -2.37. The second-order valence-corrected chi connectivity index (χ2v) is 5.10. The van der Waals surface area contributed by atoms with Crippen LogP contribution in [-0.2, 0) is 0 Å². The molecule has 0 saturated carbocycles. The van der Waals surface area contributed by atoms with E-state index in [0.717, 1.165) is 19.3 Å². The van der Waals surface area contributed by atoms with Crippen LogP contribution in [0.25, 0.3) is 0 Å². The lowest BCUT2D eigenvalue weighted by Gasteiger charge is -2.22. The van der Waals surface area contributed by atoms with Crippen molar-refractivity contribution in [2.75, 3.05) is 32.1 Å². The minimum absolute atomic E-state index is 0.0641. The number of ether oxygens (including phenoxy) is 1. The molecular weight excluding hydrogens is 292 g/mol. The highest BCUT2D eigenvalue weighted by Gasteiger charge is 2.14. The Kier molecular flexibility index (Phi) is 7.93. The summed E-state index contributed by atoms with van der Waals surface area (Å²) >= 11 is 6.07. The van der Waals surface area contributed by atoms with Crippen LogP contribution < -0.4 is 10.1 Å². The second-order valence-electron chi connectivity index (χ2n) is 4.69. The van der Waals surface area contributed by atoms with Crippen LogP contribution in [0.4, 0.5) is 10.5 Å². The fraction of sp³-hybridized carbons (Fsp3) is 0.533. The summed E-state index contributed by atoms with van der Waals surface area (Å²) in [5, 5.41) is 12.3. The summed E-state index contributed by atoms with van der Waals surface area (Å²) in [5.74, 6) is 0.620. The molecule has 0 aliphatic carbocycles. The maximum absolute atomic E-state index is 12.3. The van der Waals surface area contributed by atoms with E-state index in [1.807, 2.05) is 0 Å². The quantitative estimate of drug-likeness (QED) is 0.723. The van der Waals surface area contributed by atoms with Crippen molar-refractivity contribution in [1.29, 1.82) is 0 Å². The number of aliphatic hydroxyl groups is 1. The van der Waals surface area contributed by atoms with Crippen molar-refractivity contribution >= 4 is 23.3 Å². The number of halogens is 1. The highest BCUT2D eigenvalue weighted by atomic mass is 35.5. The van der Waals surface area contributed by atoms with Gasteiger partial charge in [-0.15, -0.1) is 0 Å². The summed E-state index contributed by atoms with van der Waals surface area (Å²) in [6.07, 6.45) is 3.04. The molecule has 1 rings (SSSR count). The number of urea groups is 1. The molecule has 5 nitrogen and oxygen atoms in total. The number of carbonyl (C=O) groups excluding carboxylic acids is 1. The van der Waals surface area contributed by atoms with Crippen LogP contribution in [0.15, 0.2) is 18.2 Å². The first-order valence-electron chi connectivity index (χ1n) is 7.12. The number of carbonyl (C=O) groups is 1. The molecule has 2 N–H and O–H groups in total. The number of hydrogen-bond donors (Lipinski definition) is 2. The molecule has 6 heteroatoms. The lowest BCUT2D eigenvalue weighted by atomic mass is 10.2. The molecule has 0 aliphatic heterocycles. The number of aliphatic hydroxyl groups excluding tert-OH is 1. The molecule has 0 aliphatic rings. The zero-order chi connectivity index (χ0) is 15.7. The smallest absolute Gasteiger partial charge is 0.321 e. The molecule has 2 amide bonds. The number of benzene rings is 1. The van der Waals surface area contributed by atoms with E-state index in [1.165, 1.54) is 0 Å². The van der Waals surface area contributed by atoms with E-state index >= 15 is 0 Å². The van der Waals surface area contributed by atoms with E-state index in [2.05, 4.69) is 12.2 Å². The van der Waals surface area contributed by atoms with Gasteiger partial charge in [-0.2, -0.15) is 0 Å². The van der Waals surface area contributed by atoms with Gasteiger partial charge in [0.15, 0.2) is 0 Å². The number of methoxy groups -OCH3 is 1. The van der Waals surface area contributed by atoms with Gasteiger partial charge in [0, 0.05) is 19.2 Å². The summed E-state index contributed by atoms with van der Waals surface area (Å²) in [4.78, 5) is 13.8. The number of hydrogen-bond acceptors (Lipinski definition) is 3. The van der Waals surface area contributed by atoms with Crippen molar-refractivity contribution in [3.8, 4) is 5.75 Å². The van der Waals surface area contributed by atoms with Gasteiger partial charge in [0.2, 0.25) is 0 Å². The Bertz CT molecular complexity index is 455. The van der Waals surface area contributed by atoms with Crippen molar-refractivity contribution in [3.63, 3.8) is 0 Å². The molecule has 0 unspecified atom stereocenters. The Morgan fingerprint density at radius 2 is 2.14 bits per heavy atom. The maximum atomic E-state index is 12.3. The normalized spacial score (nSPS) is 10.3. The van der Waals surface area contributed by atoms with Gasteiger partial charge < -0.3 is 20.1 Å². The molecule has 21 heavy (non-hydrogen) atoms. The summed E-state index contributed by atoms with van der Waals surface area (Å²) in [6.45, 7) is 2.96. The lowest BCUT2D eigenvalue weighted by molar-refractivity contribution is 0.187. The minimum Gasteiger partial charge on any atom is -0.497 e. The van der Waals surface area contributed by atoms with E-state index < -0.39 is 0 Å². The molecule has 1 aromatic carbocycles. The fourth-order valence-electron chi connectivity index (χ4n) is 1.91. The Morgan fingerprint density at radius 3 is 2.76 bits per heavy atom. The number of anilines is 1. The topological polar surface area (TPSA) is 61.8 Å². The van der Waals surface area contributed by atoms with Crippen molar-refractivity contribution in [1.82, 2.24) is 4.90 Å². The second kappa shape index (κ2) is 9.47. The largest absolute Gasteiger partial charge is 0.497 e. The average Bonchev–Trinajstić information content (AvgIpc) is 2.48. The van der Waals surface area contributed by atoms with E-state index in [0.29, 0.717) is 29.5 Å². The van der Waals surface area contributed by atoms with Gasteiger partial charge in [-0.3, -0.25) is 0 Å². The van der Waals surface area contributed by atoms with Gasteiger partial charge in [0.25, 0.3) is 0 Å². The Hall–Kier alpha value is -1.46. The predicted octanol–water partition coefficient (Wildman–Crippen LogP) is 3.37. The molecule has 0 bridgehead atoms. The first-order valence-corrected chi connectivity index (χ1v) is 7.50. The summed E-state index contributed by atoms with van der Waals surface area (Å²) < 4.78 is 5.12. The van der Waals surface area contributed by atoms with Crippen LogP contribution in [0.5, 0.6) is 5.75 Å². The maximum Gasteiger partial charge on any atom is 0.321 e. The number of nitrogens with one attached hydrogen (secondary N) is 1. The Balaban J connectivity index is 2.71. The molecule has 0 saturated heterocycles. The van der Waals surface area contributed by atoms with Gasteiger partial charge in [-0.1, -0.05) is 31.4 Å². The zero-order valence-corrected chi connectivity index (χ0v) is 13.3. The van der Waals surface area contributed by atoms with Gasteiger partial charge in [-0.25, -0.2) is 4.79 Å². The van der Waals surface area contributed by atoms with Crippen LogP contribution in [0.3, 0.4) is 0 Å². The van der Waals surface area contributed by atoms with Gasteiger partial charge >= 0.3 is 6.03 Å². The Morgan fingerprint density at radius 1 is 1.38 bits per heavy atom. The highest BCUT2D eigenvalue weighted by Crippen LogP contribution is 2.26. The summed E-state index contributed by atoms with van der Waals surface area (Å²) in [5.41, 5.74) is 0.499. The zero-order valence-electron chi connectivity index (χ0n) is 12.6. The van der Waals surface area contributed by atoms with Gasteiger partial charge in [0.1, 0.15) is 5.75 Å². The van der Waals surface area contributed by atoms with E-state index in [4.69, 9.17) is 21.4 Å². The van der Waals surface area contributed by atoms with Crippen LogP contribution in [0.2, 0.25) is 5.02 Å². The van der Waals surface area contributed by atoms with Crippen LogP contribution in [0.1, 0.15) is 26.2 Å². The summed E-state index contributed by atoms with van der Waals surface area (Å²) in [7, 11) is 1.55. The third-order valence-electron chi connectivity index (χ3n) is 3.10. The number of rotatable bonds is 8. The summed E-state index contributed by atoms with van der Waals surface area (Å²) in [6, 6.07) is 4.80. The van der Waals surface area contributed by atoms with Crippen molar-refractivity contribution in [2.24, 2.45) is 0 Å². The standard InChI is InChI=1S/C15H23ClN2O3/c1-3-4-5-8-18(9-10-19)15(20)17-14-11-12(21-2)6-7-13(14)16/h6-7,11,19H,3-5,8-10H2,1-2H3,(H,17,20). The number of amides is 2. The first kappa shape index (κ1) is 17.6. The first-order chi connectivity index (χ1) is 10.1. The predicted molar refractivity (Wildman–Crippen MR) is 85.2 cm³/mol. The van der Waals surface area contributed by atoms with Crippen molar-refractivity contribution < 1.29 is 14.6 Å². The third kappa shape index (κ3) is 5.81. The van der Waals surface area contributed by atoms with Crippen LogP contribution in [-0.4, -0.2) is 42.8 Å². The van der Waals surface area contributed by atoms with Gasteiger partial charge in [-0.05, 0) is 18.6 Å². The third-order valence-corrected chi connectivity index (χ3v) is 3.43. The highest BCUT2D eigenvalue weighted by molar-refractivity contribution is 6.33. The van der Waals surface area contributed by atoms with Crippen LogP contribution in [0, 0.1) is 0 Å².